The van der Waals surface area contributed by atoms with Gasteiger partial charge in [-0.25, -0.2) is 4.98 Å². The van der Waals surface area contributed by atoms with Crippen LogP contribution in [-0.2, 0) is 0 Å². The van der Waals surface area contributed by atoms with Crippen LogP contribution in [0.25, 0.3) is 27.5 Å². The number of nitrogens with zero attached hydrogens (tertiary/aromatic N) is 4. The van der Waals surface area contributed by atoms with Crippen LogP contribution < -0.4 is 10.3 Å². The third kappa shape index (κ3) is 3.98. The highest BCUT2D eigenvalue weighted by molar-refractivity contribution is 7.19. The predicted molar refractivity (Wildman–Crippen MR) is 131 cm³/mol. The van der Waals surface area contributed by atoms with Crippen LogP contribution in [0.1, 0.15) is 16.1 Å². The standard InChI is InChI=1S/C25H15ClN4O2S/c1-15-5-4-12-30-22(15)29-23(32-18-10-8-17(26)9-11-18)19(25(30)31)13-16(14-27)24-28-20-6-2-3-7-21(20)33-24/h2-13H,1H3/b16-13+. The first-order valence-corrected chi connectivity index (χ1v) is 11.2. The van der Waals surface area contributed by atoms with Gasteiger partial charge in [0.25, 0.3) is 5.56 Å². The molecule has 0 N–H and O–H groups in total. The van der Waals surface area contributed by atoms with E-state index in [1.54, 1.807) is 36.5 Å². The van der Waals surface area contributed by atoms with Gasteiger partial charge in [0, 0.05) is 11.2 Å². The van der Waals surface area contributed by atoms with Gasteiger partial charge in [-0.05, 0) is 61.0 Å². The van der Waals surface area contributed by atoms with Gasteiger partial charge in [-0.15, -0.1) is 11.3 Å². The Labute approximate surface area is 197 Å². The van der Waals surface area contributed by atoms with Crippen molar-refractivity contribution < 1.29 is 4.74 Å². The average molecular weight is 471 g/mol. The van der Waals surface area contributed by atoms with Crippen molar-refractivity contribution in [2.24, 2.45) is 0 Å². The molecule has 0 aliphatic rings. The lowest BCUT2D eigenvalue weighted by Gasteiger charge is -2.11. The second kappa shape index (κ2) is 8.51. The lowest BCUT2D eigenvalue weighted by Crippen LogP contribution is -2.19. The number of fused-ring (bicyclic) bond motifs is 2. The largest absolute Gasteiger partial charge is 0.438 e. The molecular formula is C25H15ClN4O2S. The van der Waals surface area contributed by atoms with Crippen molar-refractivity contribution in [3.8, 4) is 17.7 Å². The van der Waals surface area contributed by atoms with E-state index in [4.69, 9.17) is 16.3 Å². The molecule has 160 valence electrons. The van der Waals surface area contributed by atoms with E-state index in [1.165, 1.54) is 21.8 Å². The number of hydrogen-bond donors (Lipinski definition) is 0. The Morgan fingerprint density at radius 2 is 1.91 bits per heavy atom. The molecular weight excluding hydrogens is 456 g/mol. The van der Waals surface area contributed by atoms with Crippen LogP contribution in [0.2, 0.25) is 5.02 Å². The van der Waals surface area contributed by atoms with Gasteiger partial charge in [0.05, 0.1) is 15.8 Å². The summed E-state index contributed by atoms with van der Waals surface area (Å²) in [5.74, 6) is 0.572. The van der Waals surface area contributed by atoms with E-state index < -0.39 is 0 Å². The molecule has 5 aromatic rings. The van der Waals surface area contributed by atoms with Crippen LogP contribution in [0.5, 0.6) is 11.6 Å². The summed E-state index contributed by atoms with van der Waals surface area (Å²) in [7, 11) is 0. The van der Waals surface area contributed by atoms with Crippen LogP contribution in [0.3, 0.4) is 0 Å². The Morgan fingerprint density at radius 1 is 1.12 bits per heavy atom. The Balaban J connectivity index is 1.72. The van der Waals surface area contributed by atoms with Gasteiger partial charge in [0.2, 0.25) is 5.88 Å². The molecule has 33 heavy (non-hydrogen) atoms. The van der Waals surface area contributed by atoms with Crippen LogP contribution in [-0.4, -0.2) is 14.4 Å². The molecule has 8 heteroatoms. The Kier molecular flexibility index (Phi) is 5.38. The molecule has 2 aromatic carbocycles. The monoisotopic (exact) mass is 470 g/mol. The van der Waals surface area contributed by atoms with E-state index in [-0.39, 0.29) is 22.6 Å². The maximum atomic E-state index is 13.5. The van der Waals surface area contributed by atoms with Gasteiger partial charge >= 0.3 is 0 Å². The molecule has 0 aliphatic heterocycles. The fourth-order valence-electron chi connectivity index (χ4n) is 3.38. The van der Waals surface area contributed by atoms with Gasteiger partial charge in [-0.3, -0.25) is 9.20 Å². The number of para-hydroxylation sites is 1. The first-order valence-electron chi connectivity index (χ1n) is 9.96. The number of aryl methyl sites for hydroxylation is 1. The second-order valence-corrected chi connectivity index (χ2v) is 8.70. The van der Waals surface area contributed by atoms with E-state index in [0.717, 1.165) is 15.8 Å². The molecule has 3 heterocycles. The maximum Gasteiger partial charge on any atom is 0.269 e. The number of nitriles is 1. The average Bonchev–Trinajstić information content (AvgIpc) is 3.25. The molecule has 0 saturated heterocycles. The number of hydrogen-bond acceptors (Lipinski definition) is 6. The van der Waals surface area contributed by atoms with Crippen molar-refractivity contribution >= 4 is 50.5 Å². The van der Waals surface area contributed by atoms with Crippen molar-refractivity contribution in [2.75, 3.05) is 0 Å². The fourth-order valence-corrected chi connectivity index (χ4v) is 4.44. The van der Waals surface area contributed by atoms with Gasteiger partial charge in [-0.2, -0.15) is 10.2 Å². The Hall–Kier alpha value is -3.99. The van der Waals surface area contributed by atoms with Crippen molar-refractivity contribution in [1.29, 1.82) is 5.26 Å². The van der Waals surface area contributed by atoms with Crippen molar-refractivity contribution in [3.63, 3.8) is 0 Å². The summed E-state index contributed by atoms with van der Waals surface area (Å²) in [6.45, 7) is 1.87. The van der Waals surface area contributed by atoms with Crippen LogP contribution in [0.4, 0.5) is 0 Å². The number of benzene rings is 2. The lowest BCUT2D eigenvalue weighted by molar-refractivity contribution is 0.461. The maximum absolute atomic E-state index is 13.5. The van der Waals surface area contributed by atoms with Gasteiger partial charge in [0.1, 0.15) is 28.0 Å². The zero-order chi connectivity index (χ0) is 22.9. The highest BCUT2D eigenvalue weighted by atomic mass is 35.5. The number of rotatable bonds is 4. The van der Waals surface area contributed by atoms with E-state index in [0.29, 0.717) is 21.4 Å². The van der Waals surface area contributed by atoms with E-state index in [1.807, 2.05) is 37.3 Å². The van der Waals surface area contributed by atoms with Crippen LogP contribution in [0.15, 0.2) is 71.7 Å². The Morgan fingerprint density at radius 3 is 2.67 bits per heavy atom. The molecule has 6 nitrogen and oxygen atoms in total. The lowest BCUT2D eigenvalue weighted by atomic mass is 10.2. The normalized spacial score (nSPS) is 11.6. The van der Waals surface area contributed by atoms with E-state index >= 15 is 0 Å². The molecule has 0 spiro atoms. The first kappa shape index (κ1) is 20.9. The minimum Gasteiger partial charge on any atom is -0.438 e. The summed E-state index contributed by atoms with van der Waals surface area (Å²) in [5, 5.41) is 11.0. The minimum absolute atomic E-state index is 0.102. The fraction of sp³-hybridized carbons (Fsp3) is 0.0400. The minimum atomic E-state index is -0.346. The highest BCUT2D eigenvalue weighted by Gasteiger charge is 2.17. The summed E-state index contributed by atoms with van der Waals surface area (Å²) in [5.41, 5.74) is 2.15. The van der Waals surface area contributed by atoms with Crippen LogP contribution >= 0.6 is 22.9 Å². The molecule has 0 bridgehead atoms. The van der Waals surface area contributed by atoms with Gasteiger partial charge in [0.15, 0.2) is 0 Å². The molecule has 0 atom stereocenters. The number of pyridine rings is 1. The summed E-state index contributed by atoms with van der Waals surface area (Å²) in [6, 6.07) is 20.2. The molecule has 0 amide bonds. The molecule has 0 saturated carbocycles. The van der Waals surface area contributed by atoms with Gasteiger partial charge < -0.3 is 4.74 Å². The SMILES string of the molecule is Cc1cccn2c(=O)c(/C=C(\C#N)c3nc4ccccc4s3)c(Oc3ccc(Cl)cc3)nc12. The predicted octanol–water partition coefficient (Wildman–Crippen LogP) is 6.12. The topological polar surface area (TPSA) is 80.3 Å². The summed E-state index contributed by atoms with van der Waals surface area (Å²) in [4.78, 5) is 22.6. The number of thiazole rings is 1. The number of ether oxygens (including phenoxy) is 1. The van der Waals surface area contributed by atoms with E-state index in [2.05, 4.69) is 16.0 Å². The van der Waals surface area contributed by atoms with Gasteiger partial charge in [-0.1, -0.05) is 29.8 Å². The molecule has 0 aliphatic carbocycles. The number of halogens is 1. The zero-order valence-corrected chi connectivity index (χ0v) is 18.9. The molecule has 0 fully saturated rings. The molecule has 3 aromatic heterocycles. The zero-order valence-electron chi connectivity index (χ0n) is 17.3. The number of allylic oxidation sites excluding steroid dienone is 1. The smallest absolute Gasteiger partial charge is 0.269 e. The third-order valence-electron chi connectivity index (χ3n) is 5.01. The summed E-state index contributed by atoms with van der Waals surface area (Å²) >= 11 is 7.37. The summed E-state index contributed by atoms with van der Waals surface area (Å²) < 4.78 is 8.40. The quantitative estimate of drug-likeness (QED) is 0.295. The van der Waals surface area contributed by atoms with E-state index in [9.17, 15) is 10.1 Å². The molecule has 5 rings (SSSR count). The van der Waals surface area contributed by atoms with Crippen molar-refractivity contribution in [3.05, 3.63) is 98.4 Å². The third-order valence-corrected chi connectivity index (χ3v) is 6.33. The molecule has 0 radical (unpaired) electrons. The van der Waals surface area contributed by atoms with Crippen LogP contribution in [0, 0.1) is 18.3 Å². The number of aromatic nitrogens is 3. The first-order chi connectivity index (χ1) is 16.0. The Bertz CT molecular complexity index is 1610. The second-order valence-electron chi connectivity index (χ2n) is 7.23. The van der Waals surface area contributed by atoms with Crippen molar-refractivity contribution in [1.82, 2.24) is 14.4 Å². The molecule has 0 unspecified atom stereocenters. The summed E-state index contributed by atoms with van der Waals surface area (Å²) in [6.07, 6.45) is 3.14. The highest BCUT2D eigenvalue weighted by Crippen LogP contribution is 2.30. The van der Waals surface area contributed by atoms with Crippen molar-refractivity contribution in [2.45, 2.75) is 6.92 Å².